The van der Waals surface area contributed by atoms with E-state index in [0.717, 1.165) is 23.1 Å². The summed E-state index contributed by atoms with van der Waals surface area (Å²) in [5.74, 6) is -0.224. The van der Waals surface area contributed by atoms with E-state index in [0.29, 0.717) is 4.90 Å². The molecule has 0 aliphatic carbocycles. The van der Waals surface area contributed by atoms with Crippen LogP contribution in [0.15, 0.2) is 29.2 Å². The third kappa shape index (κ3) is 3.50. The Morgan fingerprint density at radius 3 is 2.50 bits per heavy atom. The standard InChI is InChI=1S/C12H10F4N2S2/c13-7-3-1-2-4-8(7)19-6-10-18-11(12(14,15)16)9(5-17)20-10/h1-4H,5-6,17H2. The Bertz CT molecular complexity index is 595. The third-order valence-corrected chi connectivity index (χ3v) is 4.70. The van der Waals surface area contributed by atoms with Crippen LogP contribution >= 0.6 is 23.1 Å². The molecule has 0 saturated carbocycles. The van der Waals surface area contributed by atoms with E-state index in [4.69, 9.17) is 5.73 Å². The molecule has 0 bridgehead atoms. The number of nitrogens with two attached hydrogens (primary N) is 1. The summed E-state index contributed by atoms with van der Waals surface area (Å²) < 4.78 is 51.5. The Morgan fingerprint density at radius 2 is 1.95 bits per heavy atom. The van der Waals surface area contributed by atoms with Crippen LogP contribution in [0.4, 0.5) is 17.6 Å². The van der Waals surface area contributed by atoms with E-state index >= 15 is 0 Å². The molecule has 1 aromatic carbocycles. The van der Waals surface area contributed by atoms with Gasteiger partial charge in [0, 0.05) is 11.4 Å². The van der Waals surface area contributed by atoms with Crippen molar-refractivity contribution in [1.82, 2.24) is 4.98 Å². The molecule has 0 spiro atoms. The van der Waals surface area contributed by atoms with Crippen molar-refractivity contribution in [2.45, 2.75) is 23.4 Å². The minimum Gasteiger partial charge on any atom is -0.326 e. The smallest absolute Gasteiger partial charge is 0.326 e. The van der Waals surface area contributed by atoms with E-state index in [9.17, 15) is 17.6 Å². The normalized spacial score (nSPS) is 11.8. The number of rotatable bonds is 4. The van der Waals surface area contributed by atoms with Gasteiger partial charge in [0.05, 0.1) is 10.6 Å². The van der Waals surface area contributed by atoms with Crippen molar-refractivity contribution in [3.05, 3.63) is 45.7 Å². The van der Waals surface area contributed by atoms with Gasteiger partial charge in [-0.1, -0.05) is 12.1 Å². The molecule has 0 amide bonds. The van der Waals surface area contributed by atoms with Crippen molar-refractivity contribution in [3.63, 3.8) is 0 Å². The van der Waals surface area contributed by atoms with Crippen LogP contribution < -0.4 is 5.73 Å². The fourth-order valence-electron chi connectivity index (χ4n) is 1.52. The lowest BCUT2D eigenvalue weighted by molar-refractivity contribution is -0.141. The zero-order chi connectivity index (χ0) is 14.8. The molecule has 2 aromatic rings. The van der Waals surface area contributed by atoms with Gasteiger partial charge in [-0.15, -0.1) is 23.1 Å². The lowest BCUT2D eigenvalue weighted by Gasteiger charge is -2.03. The maximum atomic E-state index is 13.4. The Balaban J connectivity index is 2.15. The summed E-state index contributed by atoms with van der Waals surface area (Å²) in [6, 6.07) is 6.09. The maximum Gasteiger partial charge on any atom is 0.434 e. The van der Waals surface area contributed by atoms with Crippen molar-refractivity contribution in [2.75, 3.05) is 0 Å². The van der Waals surface area contributed by atoms with Gasteiger partial charge in [-0.05, 0) is 12.1 Å². The highest BCUT2D eigenvalue weighted by atomic mass is 32.2. The highest BCUT2D eigenvalue weighted by Gasteiger charge is 2.36. The van der Waals surface area contributed by atoms with Crippen molar-refractivity contribution < 1.29 is 17.6 Å². The second-order valence-electron chi connectivity index (χ2n) is 3.80. The SMILES string of the molecule is NCc1sc(CSc2ccccc2F)nc1C(F)(F)F. The Labute approximate surface area is 121 Å². The topological polar surface area (TPSA) is 38.9 Å². The average Bonchev–Trinajstić information content (AvgIpc) is 2.81. The monoisotopic (exact) mass is 322 g/mol. The van der Waals surface area contributed by atoms with Crippen molar-refractivity contribution in [2.24, 2.45) is 5.73 Å². The van der Waals surface area contributed by atoms with Crippen LogP contribution in [0, 0.1) is 5.82 Å². The molecular weight excluding hydrogens is 312 g/mol. The summed E-state index contributed by atoms with van der Waals surface area (Å²) >= 11 is 2.02. The first-order valence-electron chi connectivity index (χ1n) is 5.55. The molecular formula is C12H10F4N2S2. The molecule has 0 unspecified atom stereocenters. The van der Waals surface area contributed by atoms with Gasteiger partial charge in [-0.2, -0.15) is 13.2 Å². The zero-order valence-corrected chi connectivity index (χ0v) is 11.7. The second kappa shape index (κ2) is 6.11. The van der Waals surface area contributed by atoms with Gasteiger partial charge in [0.2, 0.25) is 0 Å². The number of benzene rings is 1. The van der Waals surface area contributed by atoms with Crippen LogP contribution in [-0.4, -0.2) is 4.98 Å². The summed E-state index contributed by atoms with van der Waals surface area (Å²) in [4.78, 5) is 3.95. The number of alkyl halides is 3. The zero-order valence-electron chi connectivity index (χ0n) is 10.1. The molecule has 0 saturated heterocycles. The average molecular weight is 322 g/mol. The molecule has 2 nitrogen and oxygen atoms in total. The fourth-order valence-corrected chi connectivity index (χ4v) is 3.42. The summed E-state index contributed by atoms with van der Waals surface area (Å²) in [5.41, 5.74) is 4.36. The predicted octanol–water partition coefficient (Wildman–Crippen LogP) is 4.05. The molecule has 0 aliphatic rings. The number of nitrogens with zero attached hydrogens (tertiary/aromatic N) is 1. The van der Waals surface area contributed by atoms with E-state index in [1.165, 1.54) is 6.07 Å². The molecule has 2 N–H and O–H groups in total. The number of hydrogen-bond acceptors (Lipinski definition) is 4. The lowest BCUT2D eigenvalue weighted by atomic mass is 10.3. The molecule has 20 heavy (non-hydrogen) atoms. The molecule has 0 fully saturated rings. The maximum absolute atomic E-state index is 13.4. The van der Waals surface area contributed by atoms with Crippen LogP contribution in [-0.2, 0) is 18.5 Å². The summed E-state index contributed by atoms with van der Waals surface area (Å²) in [7, 11) is 0. The van der Waals surface area contributed by atoms with E-state index in [-0.39, 0.29) is 22.2 Å². The molecule has 2 rings (SSSR count). The predicted molar refractivity (Wildman–Crippen MR) is 71.0 cm³/mol. The van der Waals surface area contributed by atoms with Gasteiger partial charge < -0.3 is 5.73 Å². The number of aromatic nitrogens is 1. The van der Waals surface area contributed by atoms with E-state index in [2.05, 4.69) is 4.98 Å². The molecule has 0 aliphatic heterocycles. The number of halogens is 4. The molecule has 0 radical (unpaired) electrons. The Hall–Kier alpha value is -1.12. The fraction of sp³-hybridized carbons (Fsp3) is 0.250. The molecule has 108 valence electrons. The van der Waals surface area contributed by atoms with Crippen LogP contribution in [0.2, 0.25) is 0 Å². The van der Waals surface area contributed by atoms with Gasteiger partial charge in [-0.3, -0.25) is 0 Å². The first-order chi connectivity index (χ1) is 9.41. The molecule has 1 aromatic heterocycles. The van der Waals surface area contributed by atoms with Crippen molar-refractivity contribution in [3.8, 4) is 0 Å². The molecule has 1 heterocycles. The van der Waals surface area contributed by atoms with Crippen molar-refractivity contribution in [1.29, 1.82) is 0 Å². The number of thiazole rings is 1. The van der Waals surface area contributed by atoms with Gasteiger partial charge in [0.1, 0.15) is 10.8 Å². The van der Waals surface area contributed by atoms with E-state index < -0.39 is 17.7 Å². The number of hydrogen-bond donors (Lipinski definition) is 1. The van der Waals surface area contributed by atoms with Gasteiger partial charge >= 0.3 is 6.18 Å². The van der Waals surface area contributed by atoms with Crippen molar-refractivity contribution >= 4 is 23.1 Å². The van der Waals surface area contributed by atoms with E-state index in [1.54, 1.807) is 18.2 Å². The summed E-state index contributed by atoms with van der Waals surface area (Å²) in [5, 5.41) is 0.283. The Morgan fingerprint density at radius 1 is 1.25 bits per heavy atom. The van der Waals surface area contributed by atoms with Crippen LogP contribution in [0.3, 0.4) is 0 Å². The quantitative estimate of drug-likeness (QED) is 0.682. The largest absolute Gasteiger partial charge is 0.434 e. The second-order valence-corrected chi connectivity index (χ2v) is 5.99. The third-order valence-electron chi connectivity index (χ3n) is 2.38. The molecule has 0 atom stereocenters. The summed E-state index contributed by atoms with van der Waals surface area (Å²) in [6.45, 7) is -0.211. The lowest BCUT2D eigenvalue weighted by Crippen LogP contribution is -2.10. The first kappa shape index (κ1) is 15.3. The summed E-state index contributed by atoms with van der Waals surface area (Å²) in [6.07, 6.45) is -4.51. The van der Waals surface area contributed by atoms with E-state index in [1.807, 2.05) is 0 Å². The highest BCUT2D eigenvalue weighted by molar-refractivity contribution is 7.98. The van der Waals surface area contributed by atoms with Crippen LogP contribution in [0.5, 0.6) is 0 Å². The number of thioether (sulfide) groups is 1. The minimum absolute atomic E-state index is 0.00151. The minimum atomic E-state index is -4.51. The Kier molecular flexibility index (Phi) is 4.66. The van der Waals surface area contributed by atoms with Gasteiger partial charge in [0.25, 0.3) is 0 Å². The van der Waals surface area contributed by atoms with Crippen LogP contribution in [0.25, 0.3) is 0 Å². The van der Waals surface area contributed by atoms with Gasteiger partial charge in [-0.25, -0.2) is 9.37 Å². The molecule has 8 heteroatoms. The van der Waals surface area contributed by atoms with Gasteiger partial charge in [0.15, 0.2) is 5.69 Å². The van der Waals surface area contributed by atoms with Crippen LogP contribution in [0.1, 0.15) is 15.6 Å². The highest BCUT2D eigenvalue weighted by Crippen LogP contribution is 2.36. The first-order valence-corrected chi connectivity index (χ1v) is 7.35.